The molecule has 0 bridgehead atoms. The quantitative estimate of drug-likeness (QED) is 0.526. The maximum Gasteiger partial charge on any atom is 0.144 e. The van der Waals surface area contributed by atoms with E-state index in [1.165, 1.54) is 16.6 Å². The topological polar surface area (TPSA) is 17.3 Å². The number of aryl methyl sites for hydroxylation is 1. The Morgan fingerprint density at radius 1 is 0.826 bits per heavy atom. The molecule has 0 radical (unpaired) electrons. The zero-order valence-corrected chi connectivity index (χ0v) is 13.1. The Hall–Kier alpha value is -2.87. The van der Waals surface area contributed by atoms with Gasteiger partial charge in [0.15, 0.2) is 0 Å². The number of fused-ring (bicyclic) bond motifs is 1. The van der Waals surface area contributed by atoms with Gasteiger partial charge in [-0.05, 0) is 24.6 Å². The summed E-state index contributed by atoms with van der Waals surface area (Å²) in [7, 11) is 0. The summed E-state index contributed by atoms with van der Waals surface area (Å²) in [6.45, 7) is 2.11. The minimum atomic E-state index is 0.847. The van der Waals surface area contributed by atoms with E-state index in [4.69, 9.17) is 4.98 Å². The molecular formula is C21H18N2. The highest BCUT2D eigenvalue weighted by molar-refractivity contribution is 5.66. The van der Waals surface area contributed by atoms with Crippen LogP contribution in [0.2, 0.25) is 0 Å². The maximum atomic E-state index is 4.95. The van der Waals surface area contributed by atoms with E-state index in [0.717, 1.165) is 23.5 Å². The molecule has 112 valence electrons. The summed E-state index contributed by atoms with van der Waals surface area (Å²) in [4.78, 5) is 4.95. The van der Waals surface area contributed by atoms with E-state index in [9.17, 15) is 0 Å². The molecular weight excluding hydrogens is 280 g/mol. The van der Waals surface area contributed by atoms with Crippen molar-refractivity contribution >= 4 is 5.52 Å². The summed E-state index contributed by atoms with van der Waals surface area (Å²) < 4.78 is 2.18. The third-order valence-corrected chi connectivity index (χ3v) is 4.15. The minimum absolute atomic E-state index is 0.847. The molecule has 0 N–H and O–H groups in total. The summed E-state index contributed by atoms with van der Waals surface area (Å²) in [5.41, 5.74) is 5.99. The molecule has 0 unspecified atom stereocenters. The molecule has 4 aromatic rings. The third-order valence-electron chi connectivity index (χ3n) is 4.15. The van der Waals surface area contributed by atoms with Crippen LogP contribution in [-0.2, 0) is 6.42 Å². The first-order valence-corrected chi connectivity index (χ1v) is 7.88. The molecule has 0 aliphatic carbocycles. The van der Waals surface area contributed by atoms with Gasteiger partial charge in [0.1, 0.15) is 5.82 Å². The Kier molecular flexibility index (Phi) is 3.43. The smallest absolute Gasteiger partial charge is 0.144 e. The van der Waals surface area contributed by atoms with Crippen LogP contribution in [-0.4, -0.2) is 9.38 Å². The van der Waals surface area contributed by atoms with Crippen LogP contribution in [0.5, 0.6) is 0 Å². The molecule has 0 saturated carbocycles. The molecule has 0 fully saturated rings. The van der Waals surface area contributed by atoms with Crippen molar-refractivity contribution in [2.45, 2.75) is 13.3 Å². The van der Waals surface area contributed by atoms with Gasteiger partial charge in [0.05, 0.1) is 11.2 Å². The predicted molar refractivity (Wildman–Crippen MR) is 94.6 cm³/mol. The zero-order valence-electron chi connectivity index (χ0n) is 13.1. The Labute approximate surface area is 136 Å². The lowest BCUT2D eigenvalue weighted by Gasteiger charge is -2.01. The number of aromatic nitrogens is 2. The number of nitrogens with zero attached hydrogens (tertiary/aromatic N) is 2. The number of hydrogen-bond acceptors (Lipinski definition) is 1. The molecule has 0 aliphatic heterocycles. The fraction of sp³-hybridized carbons (Fsp3) is 0.0952. The van der Waals surface area contributed by atoms with Gasteiger partial charge in [0, 0.05) is 18.2 Å². The lowest BCUT2D eigenvalue weighted by Crippen LogP contribution is -1.89. The monoisotopic (exact) mass is 298 g/mol. The van der Waals surface area contributed by atoms with Crippen LogP contribution in [0.3, 0.4) is 0 Å². The molecule has 2 aromatic heterocycles. The molecule has 2 heteroatoms. The van der Waals surface area contributed by atoms with Crippen molar-refractivity contribution in [2.75, 3.05) is 0 Å². The zero-order chi connectivity index (χ0) is 15.6. The van der Waals surface area contributed by atoms with Crippen LogP contribution in [0, 0.1) is 6.92 Å². The normalized spacial score (nSPS) is 11.0. The van der Waals surface area contributed by atoms with E-state index in [1.54, 1.807) is 0 Å². The van der Waals surface area contributed by atoms with E-state index in [2.05, 4.69) is 84.3 Å². The van der Waals surface area contributed by atoms with Crippen molar-refractivity contribution < 1.29 is 0 Å². The van der Waals surface area contributed by atoms with Crippen molar-refractivity contribution in [1.29, 1.82) is 0 Å². The summed E-state index contributed by atoms with van der Waals surface area (Å²) in [6, 6.07) is 25.3. The number of rotatable bonds is 3. The third kappa shape index (κ3) is 2.64. The fourth-order valence-electron chi connectivity index (χ4n) is 2.93. The number of imidazole rings is 1. The Bertz CT molecular complexity index is 935. The standard InChI is InChI=1S/C21H18N2/c1-16-10-12-18(13-11-16)21-22-19(15-17-7-3-2-4-8-17)20-9-5-6-14-23(20)21/h2-14H,15H2,1H3. The Morgan fingerprint density at radius 3 is 2.35 bits per heavy atom. The number of pyridine rings is 1. The second-order valence-corrected chi connectivity index (χ2v) is 5.87. The van der Waals surface area contributed by atoms with E-state index >= 15 is 0 Å². The Morgan fingerprint density at radius 2 is 1.57 bits per heavy atom. The first kappa shape index (κ1) is 13.8. The highest BCUT2D eigenvalue weighted by Gasteiger charge is 2.12. The molecule has 0 aliphatic rings. The molecule has 23 heavy (non-hydrogen) atoms. The minimum Gasteiger partial charge on any atom is -0.299 e. The van der Waals surface area contributed by atoms with Gasteiger partial charge < -0.3 is 0 Å². The van der Waals surface area contributed by atoms with E-state index < -0.39 is 0 Å². The summed E-state index contributed by atoms with van der Waals surface area (Å²) in [5.74, 6) is 1.01. The van der Waals surface area contributed by atoms with Crippen LogP contribution < -0.4 is 0 Å². The predicted octanol–water partition coefficient (Wildman–Crippen LogP) is 4.90. The van der Waals surface area contributed by atoms with Crippen LogP contribution in [0.1, 0.15) is 16.8 Å². The van der Waals surface area contributed by atoms with Crippen molar-refractivity contribution in [1.82, 2.24) is 9.38 Å². The average Bonchev–Trinajstić information content (AvgIpc) is 2.95. The summed E-state index contributed by atoms with van der Waals surface area (Å²) in [5, 5.41) is 0. The first-order valence-electron chi connectivity index (χ1n) is 7.88. The lowest BCUT2D eigenvalue weighted by molar-refractivity contribution is 1.12. The van der Waals surface area contributed by atoms with Crippen molar-refractivity contribution in [3.8, 4) is 11.4 Å². The average molecular weight is 298 g/mol. The molecule has 0 atom stereocenters. The van der Waals surface area contributed by atoms with Gasteiger partial charge in [-0.2, -0.15) is 0 Å². The molecule has 0 saturated heterocycles. The van der Waals surface area contributed by atoms with Crippen LogP contribution >= 0.6 is 0 Å². The van der Waals surface area contributed by atoms with Gasteiger partial charge >= 0.3 is 0 Å². The van der Waals surface area contributed by atoms with Crippen molar-refractivity contribution in [3.63, 3.8) is 0 Å². The van der Waals surface area contributed by atoms with Gasteiger partial charge in [-0.3, -0.25) is 4.40 Å². The van der Waals surface area contributed by atoms with Gasteiger partial charge in [-0.1, -0.05) is 66.2 Å². The van der Waals surface area contributed by atoms with Gasteiger partial charge in [0.25, 0.3) is 0 Å². The van der Waals surface area contributed by atoms with Crippen molar-refractivity contribution in [2.24, 2.45) is 0 Å². The molecule has 0 amide bonds. The highest BCUT2D eigenvalue weighted by atomic mass is 15.0. The second-order valence-electron chi connectivity index (χ2n) is 5.87. The van der Waals surface area contributed by atoms with Crippen LogP contribution in [0.25, 0.3) is 16.9 Å². The van der Waals surface area contributed by atoms with Gasteiger partial charge in [-0.25, -0.2) is 4.98 Å². The van der Waals surface area contributed by atoms with E-state index in [-0.39, 0.29) is 0 Å². The van der Waals surface area contributed by atoms with E-state index in [0.29, 0.717) is 0 Å². The Balaban J connectivity index is 1.84. The van der Waals surface area contributed by atoms with Crippen LogP contribution in [0.4, 0.5) is 0 Å². The molecule has 2 heterocycles. The van der Waals surface area contributed by atoms with Crippen molar-refractivity contribution in [3.05, 3.63) is 95.8 Å². The largest absolute Gasteiger partial charge is 0.299 e. The second kappa shape index (κ2) is 5.73. The summed E-state index contributed by atoms with van der Waals surface area (Å²) in [6.07, 6.45) is 2.94. The SMILES string of the molecule is Cc1ccc(-c2nc(Cc3ccccc3)c3ccccn23)cc1. The number of benzene rings is 2. The molecule has 4 rings (SSSR count). The molecule has 0 spiro atoms. The van der Waals surface area contributed by atoms with Gasteiger partial charge in [0.2, 0.25) is 0 Å². The van der Waals surface area contributed by atoms with Crippen LogP contribution in [0.15, 0.2) is 79.0 Å². The number of hydrogen-bond donors (Lipinski definition) is 0. The molecule has 2 aromatic carbocycles. The highest BCUT2D eigenvalue weighted by Crippen LogP contribution is 2.24. The van der Waals surface area contributed by atoms with Gasteiger partial charge in [-0.15, -0.1) is 0 Å². The maximum absolute atomic E-state index is 4.95. The van der Waals surface area contributed by atoms with E-state index in [1.807, 2.05) is 6.07 Å². The lowest BCUT2D eigenvalue weighted by atomic mass is 10.1. The first-order chi connectivity index (χ1) is 11.3. The fourth-order valence-corrected chi connectivity index (χ4v) is 2.93. The summed E-state index contributed by atoms with van der Waals surface area (Å²) >= 11 is 0. The molecule has 2 nitrogen and oxygen atoms in total.